The molecule has 7 heteroatoms. The fourth-order valence-electron chi connectivity index (χ4n) is 1.85. The first-order valence-corrected chi connectivity index (χ1v) is 6.63. The summed E-state index contributed by atoms with van der Waals surface area (Å²) in [5.41, 5.74) is 0.574. The van der Waals surface area contributed by atoms with Gasteiger partial charge in [-0.25, -0.2) is 9.67 Å². The standard InChI is InChI=1S/C14H16N4O3/c19-12(6-1-2-7-13(20)21)17-11-5-3-8-15-14(11)18-10-4-9-16-18/h3-5,8-10H,1-2,6-7H2,(H,17,19)(H,20,21). The zero-order valence-corrected chi connectivity index (χ0v) is 11.4. The van der Waals surface area contributed by atoms with Gasteiger partial charge in [0.25, 0.3) is 0 Å². The third-order valence-corrected chi connectivity index (χ3v) is 2.83. The Labute approximate surface area is 121 Å². The number of hydrogen-bond acceptors (Lipinski definition) is 4. The van der Waals surface area contributed by atoms with Crippen molar-refractivity contribution in [1.82, 2.24) is 14.8 Å². The van der Waals surface area contributed by atoms with Crippen molar-refractivity contribution in [3.63, 3.8) is 0 Å². The maximum absolute atomic E-state index is 11.9. The number of nitrogens with one attached hydrogen (secondary N) is 1. The van der Waals surface area contributed by atoms with E-state index in [1.165, 1.54) is 0 Å². The van der Waals surface area contributed by atoms with Gasteiger partial charge in [0.15, 0.2) is 5.82 Å². The van der Waals surface area contributed by atoms with E-state index in [0.717, 1.165) is 0 Å². The maximum Gasteiger partial charge on any atom is 0.303 e. The number of nitrogens with zero attached hydrogens (tertiary/aromatic N) is 3. The van der Waals surface area contributed by atoms with Crippen LogP contribution in [0, 0.1) is 0 Å². The Morgan fingerprint density at radius 3 is 2.71 bits per heavy atom. The van der Waals surface area contributed by atoms with Crippen LogP contribution in [0.2, 0.25) is 0 Å². The molecule has 110 valence electrons. The predicted octanol–water partition coefficient (Wildman–Crippen LogP) is 1.85. The lowest BCUT2D eigenvalue weighted by Gasteiger charge is -2.09. The number of carbonyl (C=O) groups excluding carboxylic acids is 1. The third kappa shape index (κ3) is 4.41. The van der Waals surface area contributed by atoms with Gasteiger partial charge in [0, 0.05) is 31.4 Å². The number of carbonyl (C=O) groups is 2. The summed E-state index contributed by atoms with van der Waals surface area (Å²) in [4.78, 5) is 26.5. The van der Waals surface area contributed by atoms with Crippen molar-refractivity contribution in [3.8, 4) is 5.82 Å². The van der Waals surface area contributed by atoms with Crippen molar-refractivity contribution in [3.05, 3.63) is 36.8 Å². The van der Waals surface area contributed by atoms with E-state index < -0.39 is 5.97 Å². The minimum absolute atomic E-state index is 0.0821. The first-order chi connectivity index (χ1) is 10.2. The Morgan fingerprint density at radius 1 is 1.19 bits per heavy atom. The molecule has 0 saturated heterocycles. The molecule has 2 aromatic heterocycles. The van der Waals surface area contributed by atoms with Crippen LogP contribution in [-0.2, 0) is 9.59 Å². The van der Waals surface area contributed by atoms with Crippen LogP contribution in [0.3, 0.4) is 0 Å². The van der Waals surface area contributed by atoms with Crippen molar-refractivity contribution >= 4 is 17.6 Å². The number of anilines is 1. The van der Waals surface area contributed by atoms with Crippen LogP contribution >= 0.6 is 0 Å². The molecule has 21 heavy (non-hydrogen) atoms. The number of hydrogen-bond donors (Lipinski definition) is 2. The van der Waals surface area contributed by atoms with Crippen LogP contribution in [0.1, 0.15) is 25.7 Å². The topological polar surface area (TPSA) is 97.1 Å². The van der Waals surface area contributed by atoms with E-state index in [2.05, 4.69) is 15.4 Å². The summed E-state index contributed by atoms with van der Waals surface area (Å²) in [5.74, 6) is -0.466. The average Bonchev–Trinajstić information content (AvgIpc) is 2.98. The predicted molar refractivity (Wildman–Crippen MR) is 76.1 cm³/mol. The highest BCUT2D eigenvalue weighted by Crippen LogP contribution is 2.16. The fourth-order valence-corrected chi connectivity index (χ4v) is 1.85. The lowest BCUT2D eigenvalue weighted by molar-refractivity contribution is -0.137. The van der Waals surface area contributed by atoms with E-state index in [1.807, 2.05) is 0 Å². The monoisotopic (exact) mass is 288 g/mol. The van der Waals surface area contributed by atoms with Gasteiger partial charge in [0.05, 0.1) is 5.69 Å². The van der Waals surface area contributed by atoms with Crippen molar-refractivity contribution in [2.75, 3.05) is 5.32 Å². The second-order valence-electron chi connectivity index (χ2n) is 4.47. The molecule has 2 N–H and O–H groups in total. The van der Waals surface area contributed by atoms with E-state index in [9.17, 15) is 9.59 Å². The van der Waals surface area contributed by atoms with Crippen LogP contribution in [-0.4, -0.2) is 31.7 Å². The van der Waals surface area contributed by atoms with Crippen LogP contribution in [0.5, 0.6) is 0 Å². The Morgan fingerprint density at radius 2 is 2.00 bits per heavy atom. The summed E-state index contributed by atoms with van der Waals surface area (Å²) in [6.07, 6.45) is 6.38. The normalized spacial score (nSPS) is 10.3. The zero-order valence-electron chi connectivity index (χ0n) is 11.4. The minimum atomic E-state index is -0.844. The third-order valence-electron chi connectivity index (χ3n) is 2.83. The molecule has 2 rings (SSSR count). The number of aliphatic carboxylic acids is 1. The van der Waals surface area contributed by atoms with Crippen molar-refractivity contribution < 1.29 is 14.7 Å². The molecule has 0 fully saturated rings. The molecule has 0 bridgehead atoms. The molecule has 2 aromatic rings. The number of aromatic nitrogens is 3. The van der Waals surface area contributed by atoms with Gasteiger partial charge < -0.3 is 10.4 Å². The Balaban J connectivity index is 1.94. The molecular weight excluding hydrogens is 272 g/mol. The number of unbranched alkanes of at least 4 members (excludes halogenated alkanes) is 1. The molecule has 7 nitrogen and oxygen atoms in total. The fraction of sp³-hybridized carbons (Fsp3) is 0.286. The highest BCUT2D eigenvalue weighted by molar-refractivity contribution is 5.92. The molecule has 0 aliphatic rings. The number of amides is 1. The number of rotatable bonds is 7. The van der Waals surface area contributed by atoms with Gasteiger partial charge in [-0.05, 0) is 31.0 Å². The Bertz CT molecular complexity index is 610. The molecule has 0 spiro atoms. The quantitative estimate of drug-likeness (QED) is 0.758. The lowest BCUT2D eigenvalue weighted by Crippen LogP contribution is -2.14. The summed E-state index contributed by atoms with van der Waals surface area (Å²) in [7, 11) is 0. The second-order valence-corrected chi connectivity index (χ2v) is 4.47. The number of carboxylic acids is 1. The summed E-state index contributed by atoms with van der Waals surface area (Å²) >= 11 is 0. The SMILES string of the molecule is O=C(O)CCCCC(=O)Nc1cccnc1-n1cccn1. The van der Waals surface area contributed by atoms with E-state index in [-0.39, 0.29) is 18.7 Å². The smallest absolute Gasteiger partial charge is 0.303 e. The van der Waals surface area contributed by atoms with Gasteiger partial charge in [0.1, 0.15) is 0 Å². The molecule has 0 radical (unpaired) electrons. The largest absolute Gasteiger partial charge is 0.481 e. The minimum Gasteiger partial charge on any atom is -0.481 e. The summed E-state index contributed by atoms with van der Waals surface area (Å²) in [5, 5.41) is 15.4. The molecule has 0 atom stereocenters. The zero-order chi connectivity index (χ0) is 15.1. The molecular formula is C14H16N4O3. The van der Waals surface area contributed by atoms with Crippen LogP contribution in [0.25, 0.3) is 5.82 Å². The molecule has 0 unspecified atom stereocenters. The first kappa shape index (κ1) is 14.7. The second kappa shape index (κ2) is 7.18. The highest BCUT2D eigenvalue weighted by atomic mass is 16.4. The molecule has 0 saturated carbocycles. The molecule has 0 aliphatic carbocycles. The molecule has 2 heterocycles. The summed E-state index contributed by atoms with van der Waals surface area (Å²) < 4.78 is 1.57. The van der Waals surface area contributed by atoms with Crippen molar-refractivity contribution in [2.45, 2.75) is 25.7 Å². The van der Waals surface area contributed by atoms with Gasteiger partial charge in [-0.3, -0.25) is 9.59 Å². The summed E-state index contributed by atoms with van der Waals surface area (Å²) in [6.45, 7) is 0. The number of pyridine rings is 1. The van der Waals surface area contributed by atoms with Gasteiger partial charge in [-0.1, -0.05) is 0 Å². The average molecular weight is 288 g/mol. The van der Waals surface area contributed by atoms with Gasteiger partial charge in [-0.2, -0.15) is 5.10 Å². The van der Waals surface area contributed by atoms with Crippen molar-refractivity contribution in [1.29, 1.82) is 0 Å². The van der Waals surface area contributed by atoms with Crippen LogP contribution in [0.4, 0.5) is 5.69 Å². The van der Waals surface area contributed by atoms with E-state index in [4.69, 9.17) is 5.11 Å². The van der Waals surface area contributed by atoms with Crippen LogP contribution in [0.15, 0.2) is 36.8 Å². The van der Waals surface area contributed by atoms with Gasteiger partial charge in [0.2, 0.25) is 5.91 Å². The van der Waals surface area contributed by atoms with E-state index >= 15 is 0 Å². The molecule has 1 amide bonds. The van der Waals surface area contributed by atoms with Gasteiger partial charge in [-0.15, -0.1) is 0 Å². The maximum atomic E-state index is 11.9. The Kier molecular flexibility index (Phi) is 5.03. The summed E-state index contributed by atoms with van der Waals surface area (Å²) in [6, 6.07) is 5.25. The number of carboxylic acid groups (broad SMARTS) is 1. The lowest BCUT2D eigenvalue weighted by atomic mass is 10.2. The molecule has 0 aliphatic heterocycles. The van der Waals surface area contributed by atoms with E-state index in [1.54, 1.807) is 41.5 Å². The molecule has 0 aromatic carbocycles. The van der Waals surface area contributed by atoms with Crippen molar-refractivity contribution in [2.24, 2.45) is 0 Å². The first-order valence-electron chi connectivity index (χ1n) is 6.63. The van der Waals surface area contributed by atoms with Crippen LogP contribution < -0.4 is 5.32 Å². The Hall–Kier alpha value is -2.70. The van der Waals surface area contributed by atoms with E-state index in [0.29, 0.717) is 24.3 Å². The highest BCUT2D eigenvalue weighted by Gasteiger charge is 2.09. The van der Waals surface area contributed by atoms with Gasteiger partial charge >= 0.3 is 5.97 Å².